The van der Waals surface area contributed by atoms with E-state index in [2.05, 4.69) is 31.7 Å². The molecule has 0 aromatic rings. The summed E-state index contributed by atoms with van der Waals surface area (Å²) in [5, 5.41) is 0. The lowest BCUT2D eigenvalue weighted by Crippen LogP contribution is -2.41. The fourth-order valence-corrected chi connectivity index (χ4v) is 2.41. The van der Waals surface area contributed by atoms with Gasteiger partial charge in [0.15, 0.2) is 0 Å². The van der Waals surface area contributed by atoms with E-state index in [1.165, 1.54) is 5.57 Å². The van der Waals surface area contributed by atoms with Gasteiger partial charge in [-0.3, -0.25) is 0 Å². The van der Waals surface area contributed by atoms with Gasteiger partial charge < -0.3 is 9.64 Å². The normalized spacial score (nSPS) is 20.0. The Morgan fingerprint density at radius 1 is 1.39 bits per heavy atom. The monoisotopic (exact) mass is 315 g/mol. The lowest BCUT2D eigenvalue weighted by atomic mass is 9.89. The molecule has 126 valence electrons. The Kier molecular flexibility index (Phi) is 7.08. The number of carbonyl (C=O) groups is 1. The molecular formula is C20H29NO2. The van der Waals surface area contributed by atoms with Crippen molar-refractivity contribution in [2.45, 2.75) is 40.2 Å². The summed E-state index contributed by atoms with van der Waals surface area (Å²) in [5.41, 5.74) is 1.94. The van der Waals surface area contributed by atoms with Crippen LogP contribution < -0.4 is 0 Å². The van der Waals surface area contributed by atoms with Crippen LogP contribution in [0.2, 0.25) is 0 Å². The molecule has 1 amide bonds. The summed E-state index contributed by atoms with van der Waals surface area (Å²) in [7, 11) is 0. The van der Waals surface area contributed by atoms with Crippen molar-refractivity contribution in [3.8, 4) is 0 Å². The van der Waals surface area contributed by atoms with Crippen LogP contribution in [0.5, 0.6) is 0 Å². The number of hydrogen-bond acceptors (Lipinski definition) is 2. The molecule has 1 aliphatic rings. The molecule has 1 heterocycles. The van der Waals surface area contributed by atoms with Crippen molar-refractivity contribution in [2.75, 3.05) is 13.1 Å². The average Bonchev–Trinajstić information content (AvgIpc) is 2.46. The quantitative estimate of drug-likeness (QED) is 0.680. The lowest BCUT2D eigenvalue weighted by Gasteiger charge is -2.33. The number of allylic oxidation sites excluding steroid dienone is 7. The molecule has 1 unspecified atom stereocenters. The van der Waals surface area contributed by atoms with Crippen LogP contribution in [-0.4, -0.2) is 29.7 Å². The van der Waals surface area contributed by atoms with Crippen LogP contribution in [0.4, 0.5) is 4.79 Å². The summed E-state index contributed by atoms with van der Waals surface area (Å²) in [5.74, 6) is 0.252. The Hall–Kier alpha value is -2.03. The zero-order valence-corrected chi connectivity index (χ0v) is 15.0. The molecule has 1 rings (SSSR count). The molecule has 0 bridgehead atoms. The van der Waals surface area contributed by atoms with E-state index in [9.17, 15) is 4.79 Å². The molecule has 0 aromatic heterocycles. The van der Waals surface area contributed by atoms with E-state index in [1.807, 2.05) is 45.9 Å². The van der Waals surface area contributed by atoms with Crippen LogP contribution in [0.25, 0.3) is 0 Å². The van der Waals surface area contributed by atoms with E-state index >= 15 is 0 Å². The van der Waals surface area contributed by atoms with Crippen molar-refractivity contribution >= 4 is 6.09 Å². The standard InChI is InChI=1S/C20H29NO2/c1-7-9-11-17(12-10-8-2)18-13-14-21(15-16(18)3)19(22)23-20(4,5)6/h7-13,16H,1,14-15H2,2-6H3/b10-8-,11-9-,17-12+. The number of rotatable bonds is 4. The molecule has 0 N–H and O–H groups in total. The predicted octanol–water partition coefficient (Wildman–Crippen LogP) is 5.04. The third-order valence-corrected chi connectivity index (χ3v) is 3.42. The van der Waals surface area contributed by atoms with E-state index in [1.54, 1.807) is 11.0 Å². The summed E-state index contributed by atoms with van der Waals surface area (Å²) >= 11 is 0. The molecule has 3 heteroatoms. The molecule has 3 nitrogen and oxygen atoms in total. The van der Waals surface area contributed by atoms with Gasteiger partial charge in [-0.05, 0) is 44.8 Å². The number of nitrogens with zero attached hydrogens (tertiary/aromatic N) is 1. The van der Waals surface area contributed by atoms with Crippen molar-refractivity contribution in [2.24, 2.45) is 5.92 Å². The summed E-state index contributed by atoms with van der Waals surface area (Å²) in [6, 6.07) is 0. The highest BCUT2D eigenvalue weighted by Crippen LogP contribution is 2.26. The highest BCUT2D eigenvalue weighted by atomic mass is 16.6. The van der Waals surface area contributed by atoms with Gasteiger partial charge in [0, 0.05) is 13.1 Å². The van der Waals surface area contributed by atoms with Gasteiger partial charge in [0.1, 0.15) is 5.60 Å². The van der Waals surface area contributed by atoms with Gasteiger partial charge in [-0.1, -0.05) is 56.0 Å². The summed E-state index contributed by atoms with van der Waals surface area (Å²) in [4.78, 5) is 14.0. The predicted molar refractivity (Wildman–Crippen MR) is 97.3 cm³/mol. The summed E-state index contributed by atoms with van der Waals surface area (Å²) < 4.78 is 5.46. The SMILES string of the molecule is C=C\C=C/C(=C\C=C/C)C1=CCN(C(=O)OC(C)(C)C)CC1C. The molecule has 1 atom stereocenters. The number of ether oxygens (including phenoxy) is 1. The van der Waals surface area contributed by atoms with E-state index in [0.29, 0.717) is 13.1 Å². The average molecular weight is 315 g/mol. The van der Waals surface area contributed by atoms with Crippen LogP contribution in [0, 0.1) is 5.92 Å². The second-order valence-corrected chi connectivity index (χ2v) is 6.69. The zero-order chi connectivity index (χ0) is 17.5. The van der Waals surface area contributed by atoms with Crippen LogP contribution in [0.15, 0.2) is 60.3 Å². The Morgan fingerprint density at radius 3 is 2.61 bits per heavy atom. The molecule has 23 heavy (non-hydrogen) atoms. The van der Waals surface area contributed by atoms with Gasteiger partial charge in [-0.15, -0.1) is 0 Å². The maximum Gasteiger partial charge on any atom is 0.410 e. The first-order valence-corrected chi connectivity index (χ1v) is 8.09. The lowest BCUT2D eigenvalue weighted by molar-refractivity contribution is 0.0245. The maximum absolute atomic E-state index is 12.2. The van der Waals surface area contributed by atoms with Crippen LogP contribution in [0.3, 0.4) is 0 Å². The summed E-state index contributed by atoms with van der Waals surface area (Å²) in [6.45, 7) is 14.7. The van der Waals surface area contributed by atoms with Crippen LogP contribution in [-0.2, 0) is 4.74 Å². The molecule has 0 aromatic carbocycles. The molecule has 0 radical (unpaired) electrons. The highest BCUT2D eigenvalue weighted by Gasteiger charge is 2.27. The van der Waals surface area contributed by atoms with Gasteiger partial charge in [0.2, 0.25) is 0 Å². The largest absolute Gasteiger partial charge is 0.444 e. The van der Waals surface area contributed by atoms with Crippen LogP contribution in [0.1, 0.15) is 34.6 Å². The first kappa shape index (κ1) is 19.0. The maximum atomic E-state index is 12.2. The number of carbonyl (C=O) groups excluding carboxylic acids is 1. The summed E-state index contributed by atoms with van der Waals surface area (Å²) in [6.07, 6.45) is 13.7. The zero-order valence-electron chi connectivity index (χ0n) is 15.0. The molecule has 0 fully saturated rings. The second kappa shape index (κ2) is 8.56. The molecular weight excluding hydrogens is 286 g/mol. The van der Waals surface area contributed by atoms with Crippen molar-refractivity contribution in [1.29, 1.82) is 0 Å². The molecule has 0 saturated heterocycles. The number of hydrogen-bond donors (Lipinski definition) is 0. The highest BCUT2D eigenvalue weighted by molar-refractivity contribution is 5.69. The van der Waals surface area contributed by atoms with Gasteiger partial charge in [-0.25, -0.2) is 4.79 Å². The van der Waals surface area contributed by atoms with E-state index in [-0.39, 0.29) is 12.0 Å². The van der Waals surface area contributed by atoms with Crippen molar-refractivity contribution in [1.82, 2.24) is 4.90 Å². The molecule has 1 aliphatic heterocycles. The molecule has 0 spiro atoms. The number of amides is 1. The Labute approximate surface area is 140 Å². The second-order valence-electron chi connectivity index (χ2n) is 6.69. The van der Waals surface area contributed by atoms with Crippen molar-refractivity contribution in [3.63, 3.8) is 0 Å². The van der Waals surface area contributed by atoms with Crippen molar-refractivity contribution in [3.05, 3.63) is 60.3 Å². The van der Waals surface area contributed by atoms with E-state index < -0.39 is 5.60 Å². The van der Waals surface area contributed by atoms with E-state index in [4.69, 9.17) is 4.74 Å². The smallest absolute Gasteiger partial charge is 0.410 e. The van der Waals surface area contributed by atoms with E-state index in [0.717, 1.165) is 5.57 Å². The Bertz CT molecular complexity index is 544. The fraction of sp³-hybridized carbons (Fsp3) is 0.450. The topological polar surface area (TPSA) is 29.5 Å². The molecule has 0 saturated carbocycles. The first-order valence-electron chi connectivity index (χ1n) is 8.09. The van der Waals surface area contributed by atoms with Crippen molar-refractivity contribution < 1.29 is 9.53 Å². The minimum absolute atomic E-state index is 0.250. The van der Waals surface area contributed by atoms with Gasteiger partial charge >= 0.3 is 6.09 Å². The minimum atomic E-state index is -0.464. The Balaban J connectivity index is 2.93. The third-order valence-electron chi connectivity index (χ3n) is 3.42. The van der Waals surface area contributed by atoms with Gasteiger partial charge in [-0.2, -0.15) is 0 Å². The van der Waals surface area contributed by atoms with Gasteiger partial charge in [0.05, 0.1) is 0 Å². The third kappa shape index (κ3) is 6.31. The molecule has 0 aliphatic carbocycles. The fourth-order valence-electron chi connectivity index (χ4n) is 2.41. The Morgan fingerprint density at radius 2 is 2.09 bits per heavy atom. The van der Waals surface area contributed by atoms with Gasteiger partial charge in [0.25, 0.3) is 0 Å². The first-order chi connectivity index (χ1) is 10.8. The minimum Gasteiger partial charge on any atom is -0.444 e. The van der Waals surface area contributed by atoms with Crippen LogP contribution >= 0.6 is 0 Å².